The Morgan fingerprint density at radius 3 is 2.46 bits per heavy atom. The predicted octanol–water partition coefficient (Wildman–Crippen LogP) is 2.54. The first kappa shape index (κ1) is 16.3. The van der Waals surface area contributed by atoms with Crippen LogP contribution in [-0.2, 0) is 14.8 Å². The normalized spacial score (nSPS) is 17.2. The molecule has 0 saturated carbocycles. The SMILES string of the molecule is Cc1ccc(S(=O)(=O)Nc2cccc3c2OC(C)C(=O)N3C)cc1. The van der Waals surface area contributed by atoms with Crippen molar-refractivity contribution < 1.29 is 17.9 Å². The van der Waals surface area contributed by atoms with E-state index in [1.165, 1.54) is 4.90 Å². The van der Waals surface area contributed by atoms with Crippen molar-refractivity contribution in [3.63, 3.8) is 0 Å². The minimum Gasteiger partial charge on any atom is -0.476 e. The van der Waals surface area contributed by atoms with Crippen molar-refractivity contribution in [3.05, 3.63) is 48.0 Å². The lowest BCUT2D eigenvalue weighted by molar-refractivity contribution is -0.125. The number of hydrogen-bond acceptors (Lipinski definition) is 4. The van der Waals surface area contributed by atoms with Crippen molar-refractivity contribution in [3.8, 4) is 5.75 Å². The van der Waals surface area contributed by atoms with Crippen LogP contribution in [0.5, 0.6) is 5.75 Å². The highest BCUT2D eigenvalue weighted by Gasteiger charge is 2.31. The van der Waals surface area contributed by atoms with Crippen LogP contribution in [0.25, 0.3) is 0 Å². The van der Waals surface area contributed by atoms with Crippen molar-refractivity contribution in [2.45, 2.75) is 24.8 Å². The largest absolute Gasteiger partial charge is 0.476 e. The molecule has 0 spiro atoms. The number of sulfonamides is 1. The van der Waals surface area contributed by atoms with Crippen LogP contribution in [0.1, 0.15) is 12.5 Å². The number of rotatable bonds is 3. The number of ether oxygens (including phenoxy) is 1. The first-order valence-electron chi connectivity index (χ1n) is 7.46. The molecule has 1 atom stereocenters. The summed E-state index contributed by atoms with van der Waals surface area (Å²) in [6.07, 6.45) is -0.674. The van der Waals surface area contributed by atoms with Gasteiger partial charge < -0.3 is 9.64 Å². The zero-order chi connectivity index (χ0) is 17.5. The molecule has 126 valence electrons. The van der Waals surface area contributed by atoms with E-state index in [0.717, 1.165) is 5.56 Å². The molecule has 0 aliphatic carbocycles. The fourth-order valence-electron chi connectivity index (χ4n) is 2.53. The summed E-state index contributed by atoms with van der Waals surface area (Å²) >= 11 is 0. The summed E-state index contributed by atoms with van der Waals surface area (Å²) in [5.74, 6) is 0.170. The second kappa shape index (κ2) is 5.83. The van der Waals surface area contributed by atoms with Crippen molar-refractivity contribution >= 4 is 27.3 Å². The molecule has 24 heavy (non-hydrogen) atoms. The number of amides is 1. The summed E-state index contributed by atoms with van der Waals surface area (Å²) < 4.78 is 33.3. The molecule has 1 heterocycles. The van der Waals surface area contributed by atoms with Crippen molar-refractivity contribution in [1.29, 1.82) is 0 Å². The summed E-state index contributed by atoms with van der Waals surface area (Å²) in [4.78, 5) is 13.6. The smallest absolute Gasteiger partial charge is 0.267 e. The molecule has 2 aromatic carbocycles. The quantitative estimate of drug-likeness (QED) is 0.927. The minimum atomic E-state index is -3.75. The topological polar surface area (TPSA) is 75.7 Å². The maximum Gasteiger partial charge on any atom is 0.267 e. The van der Waals surface area contributed by atoms with E-state index in [4.69, 9.17) is 4.74 Å². The molecule has 6 nitrogen and oxygen atoms in total. The fourth-order valence-corrected chi connectivity index (χ4v) is 3.60. The third-order valence-electron chi connectivity index (χ3n) is 3.90. The van der Waals surface area contributed by atoms with E-state index in [0.29, 0.717) is 17.1 Å². The Labute approximate surface area is 141 Å². The van der Waals surface area contributed by atoms with Gasteiger partial charge in [-0.2, -0.15) is 0 Å². The number of likely N-dealkylation sites (N-methyl/N-ethyl adjacent to an activating group) is 1. The van der Waals surface area contributed by atoms with Crippen LogP contribution >= 0.6 is 0 Å². The third-order valence-corrected chi connectivity index (χ3v) is 5.29. The van der Waals surface area contributed by atoms with Gasteiger partial charge in [0.25, 0.3) is 15.9 Å². The van der Waals surface area contributed by atoms with E-state index in [1.807, 2.05) is 6.92 Å². The lowest BCUT2D eigenvalue weighted by Gasteiger charge is -2.31. The maximum absolute atomic E-state index is 12.6. The monoisotopic (exact) mass is 346 g/mol. The average Bonchev–Trinajstić information content (AvgIpc) is 2.54. The summed E-state index contributed by atoms with van der Waals surface area (Å²) in [7, 11) is -2.11. The molecule has 0 saturated heterocycles. The number of carbonyl (C=O) groups excluding carboxylic acids is 1. The second-order valence-corrected chi connectivity index (χ2v) is 7.41. The van der Waals surface area contributed by atoms with E-state index in [2.05, 4.69) is 4.72 Å². The highest BCUT2D eigenvalue weighted by molar-refractivity contribution is 7.92. The van der Waals surface area contributed by atoms with Gasteiger partial charge in [-0.15, -0.1) is 0 Å². The summed E-state index contributed by atoms with van der Waals surface area (Å²) in [5.41, 5.74) is 1.81. The van der Waals surface area contributed by atoms with Gasteiger partial charge in [0.05, 0.1) is 16.3 Å². The van der Waals surface area contributed by atoms with Crippen LogP contribution in [0, 0.1) is 6.92 Å². The van der Waals surface area contributed by atoms with Gasteiger partial charge in [-0.25, -0.2) is 8.42 Å². The highest BCUT2D eigenvalue weighted by atomic mass is 32.2. The Hall–Kier alpha value is -2.54. The van der Waals surface area contributed by atoms with Gasteiger partial charge in [-0.05, 0) is 38.1 Å². The molecule has 2 aromatic rings. The molecule has 1 unspecified atom stereocenters. The van der Waals surface area contributed by atoms with Gasteiger partial charge in [-0.1, -0.05) is 23.8 Å². The lowest BCUT2D eigenvalue weighted by atomic mass is 10.2. The van der Waals surface area contributed by atoms with Crippen LogP contribution in [0.3, 0.4) is 0 Å². The van der Waals surface area contributed by atoms with E-state index in [-0.39, 0.29) is 10.8 Å². The van der Waals surface area contributed by atoms with E-state index in [1.54, 1.807) is 56.4 Å². The maximum atomic E-state index is 12.6. The molecule has 0 radical (unpaired) electrons. The number of hydrogen-bond donors (Lipinski definition) is 1. The van der Waals surface area contributed by atoms with Crippen LogP contribution in [0.15, 0.2) is 47.4 Å². The molecule has 7 heteroatoms. The number of fused-ring (bicyclic) bond motifs is 1. The molecule has 1 aliphatic rings. The first-order chi connectivity index (χ1) is 11.3. The van der Waals surface area contributed by atoms with Crippen LogP contribution < -0.4 is 14.4 Å². The van der Waals surface area contributed by atoms with Crippen molar-refractivity contribution in [1.82, 2.24) is 0 Å². The van der Waals surface area contributed by atoms with Gasteiger partial charge in [0.15, 0.2) is 11.9 Å². The predicted molar refractivity (Wildman–Crippen MR) is 91.9 cm³/mol. The van der Waals surface area contributed by atoms with Gasteiger partial charge in [0.2, 0.25) is 0 Å². The molecule has 3 rings (SSSR count). The van der Waals surface area contributed by atoms with Crippen LogP contribution in [-0.4, -0.2) is 27.5 Å². The number of carbonyl (C=O) groups is 1. The van der Waals surface area contributed by atoms with Gasteiger partial charge >= 0.3 is 0 Å². The highest BCUT2D eigenvalue weighted by Crippen LogP contribution is 2.40. The average molecular weight is 346 g/mol. The first-order valence-corrected chi connectivity index (χ1v) is 8.94. The molecule has 1 N–H and O–H groups in total. The van der Waals surface area contributed by atoms with Gasteiger partial charge in [-0.3, -0.25) is 9.52 Å². The summed E-state index contributed by atoms with van der Waals surface area (Å²) in [6.45, 7) is 3.52. The van der Waals surface area contributed by atoms with E-state index >= 15 is 0 Å². The standard InChI is InChI=1S/C17H18N2O4S/c1-11-7-9-13(10-8-11)24(21,22)18-14-5-4-6-15-16(14)23-12(2)17(20)19(15)3/h4-10,12,18H,1-3H3. The van der Waals surface area contributed by atoms with Crippen molar-refractivity contribution in [2.75, 3.05) is 16.7 Å². The molecule has 0 aromatic heterocycles. The third kappa shape index (κ3) is 2.82. The zero-order valence-electron chi connectivity index (χ0n) is 13.6. The molecule has 1 aliphatic heterocycles. The summed E-state index contributed by atoms with van der Waals surface area (Å²) in [5, 5.41) is 0. The molecular formula is C17H18N2O4S. The minimum absolute atomic E-state index is 0.166. The number of nitrogens with zero attached hydrogens (tertiary/aromatic N) is 1. The Morgan fingerprint density at radius 1 is 1.12 bits per heavy atom. The van der Waals surface area contributed by atoms with Gasteiger partial charge in [0, 0.05) is 7.05 Å². The number of aryl methyl sites for hydroxylation is 1. The van der Waals surface area contributed by atoms with Crippen LogP contribution in [0.2, 0.25) is 0 Å². The molecular weight excluding hydrogens is 328 g/mol. The van der Waals surface area contributed by atoms with Crippen LogP contribution in [0.4, 0.5) is 11.4 Å². The Bertz CT molecular complexity index is 891. The Balaban J connectivity index is 2.00. The number of para-hydroxylation sites is 1. The Morgan fingerprint density at radius 2 is 1.79 bits per heavy atom. The zero-order valence-corrected chi connectivity index (χ0v) is 14.4. The number of anilines is 2. The van der Waals surface area contributed by atoms with E-state index < -0.39 is 16.1 Å². The lowest BCUT2D eigenvalue weighted by Crippen LogP contribution is -2.42. The Kier molecular flexibility index (Phi) is 3.96. The summed E-state index contributed by atoms with van der Waals surface area (Å²) in [6, 6.07) is 11.6. The fraction of sp³-hybridized carbons (Fsp3) is 0.235. The molecule has 1 amide bonds. The molecule has 0 bridgehead atoms. The number of nitrogens with one attached hydrogen (secondary N) is 1. The van der Waals surface area contributed by atoms with E-state index in [9.17, 15) is 13.2 Å². The van der Waals surface area contributed by atoms with Crippen molar-refractivity contribution in [2.24, 2.45) is 0 Å². The molecule has 0 fully saturated rings. The second-order valence-electron chi connectivity index (χ2n) is 5.73. The van der Waals surface area contributed by atoms with Gasteiger partial charge in [0.1, 0.15) is 0 Å². The number of benzene rings is 2.